The van der Waals surface area contributed by atoms with E-state index in [4.69, 9.17) is 62.7 Å². The van der Waals surface area contributed by atoms with Gasteiger partial charge in [-0.3, -0.25) is 4.79 Å². The van der Waals surface area contributed by atoms with E-state index in [1.165, 1.54) is 6.20 Å². The van der Waals surface area contributed by atoms with Crippen LogP contribution in [0.1, 0.15) is 10.4 Å². The van der Waals surface area contributed by atoms with E-state index >= 15 is 0 Å². The summed E-state index contributed by atoms with van der Waals surface area (Å²) >= 11 is 29.2. The molecule has 11 heteroatoms. The standard InChI is InChI=1S/C16H20Cl5N3O2Si/c1-27(2,3)7-6-26-9-24-5-4-10-12(17)11(8-22-13(10)24)14(25)23-15(18)16(19,20)21/h4-5,8,15H,6-7,9H2,1-3H3,(H,23,25). The first-order valence-electron chi connectivity index (χ1n) is 8.13. The van der Waals surface area contributed by atoms with Crippen molar-refractivity contribution in [2.24, 2.45) is 0 Å². The number of pyridine rings is 1. The molecule has 1 N–H and O–H groups in total. The minimum absolute atomic E-state index is 0.140. The van der Waals surface area contributed by atoms with Crippen LogP contribution in [0.15, 0.2) is 18.5 Å². The van der Waals surface area contributed by atoms with Gasteiger partial charge in [-0.05, 0) is 12.1 Å². The van der Waals surface area contributed by atoms with Gasteiger partial charge >= 0.3 is 0 Å². The average molecular weight is 492 g/mol. The molecule has 2 rings (SSSR count). The summed E-state index contributed by atoms with van der Waals surface area (Å²) in [7, 11) is -1.14. The Morgan fingerprint density at radius 3 is 2.63 bits per heavy atom. The molecule has 0 aliphatic carbocycles. The first kappa shape index (κ1) is 23.1. The van der Waals surface area contributed by atoms with Crippen LogP contribution in [0.2, 0.25) is 30.7 Å². The van der Waals surface area contributed by atoms with Crippen LogP contribution in [0, 0.1) is 0 Å². The molecule has 0 saturated heterocycles. The second kappa shape index (κ2) is 9.07. The molecule has 150 valence electrons. The van der Waals surface area contributed by atoms with E-state index in [0.717, 1.165) is 6.04 Å². The fraction of sp³-hybridized carbons (Fsp3) is 0.500. The van der Waals surface area contributed by atoms with Crippen molar-refractivity contribution < 1.29 is 9.53 Å². The van der Waals surface area contributed by atoms with Crippen LogP contribution < -0.4 is 5.32 Å². The van der Waals surface area contributed by atoms with Crippen LogP contribution in [0.5, 0.6) is 0 Å². The second-order valence-electron chi connectivity index (χ2n) is 7.23. The van der Waals surface area contributed by atoms with E-state index < -0.39 is 23.3 Å². The van der Waals surface area contributed by atoms with Gasteiger partial charge in [-0.15, -0.1) is 0 Å². The highest BCUT2D eigenvalue weighted by Crippen LogP contribution is 2.33. The summed E-state index contributed by atoms with van der Waals surface area (Å²) < 4.78 is 5.73. The number of hydrogen-bond donors (Lipinski definition) is 1. The third kappa shape index (κ3) is 6.39. The summed E-state index contributed by atoms with van der Waals surface area (Å²) in [4.78, 5) is 16.7. The van der Waals surface area contributed by atoms with Crippen LogP contribution >= 0.6 is 58.0 Å². The van der Waals surface area contributed by atoms with Crippen molar-refractivity contribution in [1.29, 1.82) is 0 Å². The molecular weight excluding hydrogens is 472 g/mol. The lowest BCUT2D eigenvalue weighted by Gasteiger charge is -2.19. The van der Waals surface area contributed by atoms with Gasteiger partial charge < -0.3 is 14.6 Å². The summed E-state index contributed by atoms with van der Waals surface area (Å²) in [5, 5.41) is 3.25. The Labute approximate surface area is 184 Å². The van der Waals surface area contributed by atoms with Crippen molar-refractivity contribution >= 4 is 83.0 Å². The molecule has 0 fully saturated rings. The smallest absolute Gasteiger partial charge is 0.255 e. The van der Waals surface area contributed by atoms with Gasteiger partial charge in [0.25, 0.3) is 5.91 Å². The lowest BCUT2D eigenvalue weighted by Crippen LogP contribution is -2.39. The fourth-order valence-electron chi connectivity index (χ4n) is 2.19. The quantitative estimate of drug-likeness (QED) is 0.235. The molecule has 2 heterocycles. The Morgan fingerprint density at radius 2 is 2.04 bits per heavy atom. The van der Waals surface area contributed by atoms with Crippen LogP contribution in [0.4, 0.5) is 0 Å². The Morgan fingerprint density at radius 1 is 1.37 bits per heavy atom. The maximum Gasteiger partial charge on any atom is 0.255 e. The Bertz CT molecular complexity index is 817. The second-order valence-corrected chi connectivity index (χ2v) is 16.0. The van der Waals surface area contributed by atoms with Gasteiger partial charge in [-0.25, -0.2) is 4.98 Å². The molecule has 0 aliphatic heterocycles. The normalized spacial score (nSPS) is 13.8. The molecule has 5 nitrogen and oxygen atoms in total. The zero-order valence-corrected chi connectivity index (χ0v) is 19.8. The summed E-state index contributed by atoms with van der Waals surface area (Å²) in [6.45, 7) is 7.94. The summed E-state index contributed by atoms with van der Waals surface area (Å²) in [5.41, 5.74) is -0.457. The molecular formula is C16H20Cl5N3O2Si. The third-order valence-electron chi connectivity index (χ3n) is 3.74. The lowest BCUT2D eigenvalue weighted by atomic mass is 10.2. The topological polar surface area (TPSA) is 56.1 Å². The van der Waals surface area contributed by atoms with Gasteiger partial charge in [0, 0.05) is 32.5 Å². The molecule has 1 amide bonds. The van der Waals surface area contributed by atoms with Crippen molar-refractivity contribution in [3.05, 3.63) is 29.0 Å². The van der Waals surface area contributed by atoms with E-state index in [1.54, 1.807) is 6.07 Å². The summed E-state index contributed by atoms with van der Waals surface area (Å²) in [6.07, 6.45) is 3.17. The molecule has 2 aromatic heterocycles. The average Bonchev–Trinajstić information content (AvgIpc) is 2.94. The molecule has 0 bridgehead atoms. The van der Waals surface area contributed by atoms with Crippen LogP contribution in [0.3, 0.4) is 0 Å². The summed E-state index contributed by atoms with van der Waals surface area (Å²) in [5.74, 6) is -0.583. The number of ether oxygens (including phenoxy) is 1. The van der Waals surface area contributed by atoms with Gasteiger partial charge in [-0.2, -0.15) is 0 Å². The van der Waals surface area contributed by atoms with Gasteiger partial charge in [0.15, 0.2) is 5.50 Å². The van der Waals surface area contributed by atoms with E-state index in [2.05, 4.69) is 29.9 Å². The highest BCUT2D eigenvalue weighted by molar-refractivity contribution is 6.76. The van der Waals surface area contributed by atoms with Crippen molar-refractivity contribution in [1.82, 2.24) is 14.9 Å². The first-order valence-corrected chi connectivity index (χ1v) is 13.8. The molecule has 27 heavy (non-hydrogen) atoms. The Hall–Kier alpha value is -0.213. The number of alkyl halides is 4. The number of aromatic nitrogens is 2. The highest BCUT2D eigenvalue weighted by Gasteiger charge is 2.33. The molecule has 1 unspecified atom stereocenters. The number of halogens is 5. The zero-order chi connectivity index (χ0) is 20.4. The number of amides is 1. The van der Waals surface area contributed by atoms with Crippen molar-refractivity contribution in [2.75, 3.05) is 6.61 Å². The molecule has 0 spiro atoms. The minimum atomic E-state index is -1.85. The van der Waals surface area contributed by atoms with Gasteiger partial charge in [0.1, 0.15) is 12.4 Å². The maximum absolute atomic E-state index is 12.4. The molecule has 0 aromatic carbocycles. The van der Waals surface area contributed by atoms with Crippen molar-refractivity contribution in [3.8, 4) is 0 Å². The van der Waals surface area contributed by atoms with Crippen molar-refractivity contribution in [3.63, 3.8) is 0 Å². The number of carbonyl (C=O) groups is 1. The zero-order valence-electron chi connectivity index (χ0n) is 15.0. The molecule has 1 atom stereocenters. The molecule has 0 radical (unpaired) electrons. The molecule has 2 aromatic rings. The third-order valence-corrected chi connectivity index (χ3v) is 7.28. The van der Waals surface area contributed by atoms with Gasteiger partial charge in [0.2, 0.25) is 3.79 Å². The number of carbonyl (C=O) groups excluding carboxylic acids is 1. The van der Waals surface area contributed by atoms with Crippen LogP contribution in [0.25, 0.3) is 11.0 Å². The number of rotatable bonds is 7. The first-order chi connectivity index (χ1) is 12.4. The summed E-state index contributed by atoms with van der Waals surface area (Å²) in [6, 6.07) is 2.85. The number of nitrogens with one attached hydrogen (secondary N) is 1. The van der Waals surface area contributed by atoms with E-state index in [0.29, 0.717) is 24.4 Å². The number of nitrogens with zero attached hydrogens (tertiary/aromatic N) is 2. The largest absolute Gasteiger partial charge is 0.361 e. The fourth-order valence-corrected chi connectivity index (χ4v) is 3.49. The SMILES string of the molecule is C[Si](C)(C)CCOCn1ccc2c(Cl)c(C(=O)NC(Cl)C(Cl)(Cl)Cl)cnc21. The van der Waals surface area contributed by atoms with E-state index in [9.17, 15) is 4.79 Å². The predicted octanol–water partition coefficient (Wildman–Crippen LogP) is 5.67. The van der Waals surface area contributed by atoms with Gasteiger partial charge in [0.05, 0.1) is 10.6 Å². The minimum Gasteiger partial charge on any atom is -0.361 e. The molecule has 0 saturated carbocycles. The van der Waals surface area contributed by atoms with Gasteiger partial charge in [-0.1, -0.05) is 77.6 Å². The maximum atomic E-state index is 12.4. The lowest BCUT2D eigenvalue weighted by molar-refractivity contribution is 0.0899. The van der Waals surface area contributed by atoms with E-state index in [-0.39, 0.29) is 10.6 Å². The predicted molar refractivity (Wildman–Crippen MR) is 116 cm³/mol. The number of hydrogen-bond acceptors (Lipinski definition) is 3. The van der Waals surface area contributed by atoms with Crippen LogP contribution in [-0.2, 0) is 11.5 Å². The number of fused-ring (bicyclic) bond motifs is 1. The monoisotopic (exact) mass is 489 g/mol. The molecule has 0 aliphatic rings. The van der Waals surface area contributed by atoms with Crippen molar-refractivity contribution in [2.45, 2.75) is 41.7 Å². The Balaban J connectivity index is 2.13. The Kier molecular flexibility index (Phi) is 7.75. The van der Waals surface area contributed by atoms with Crippen LogP contribution in [-0.4, -0.2) is 39.4 Å². The van der Waals surface area contributed by atoms with E-state index in [1.807, 2.05) is 10.8 Å². The highest BCUT2D eigenvalue weighted by atomic mass is 35.6.